The maximum absolute atomic E-state index is 5.57. The van der Waals surface area contributed by atoms with Crippen LogP contribution in [0.4, 0.5) is 0 Å². The third-order valence-electron chi connectivity index (χ3n) is 1.43. The first-order valence-electron chi connectivity index (χ1n) is 3.57. The van der Waals surface area contributed by atoms with Gasteiger partial charge in [-0.05, 0) is 12.2 Å². The number of hydrogen-bond donors (Lipinski definition) is 2. The van der Waals surface area contributed by atoms with Crippen LogP contribution in [0, 0.1) is 4.77 Å². The minimum Gasteiger partial charge on any atom is -0.335 e. The highest BCUT2D eigenvalue weighted by Gasteiger charge is 2.03. The standard InChI is InChI=1S/C8H10N4S/c1-3-4-5-6(2)7-10-11-8(13)12(7)9/h3-5H,1-2,9H2,(H,11,13)/b5-4-. The molecule has 0 saturated carbocycles. The van der Waals surface area contributed by atoms with Crippen LogP contribution >= 0.6 is 12.2 Å². The van der Waals surface area contributed by atoms with Gasteiger partial charge in [-0.2, -0.15) is 5.10 Å². The van der Waals surface area contributed by atoms with E-state index in [2.05, 4.69) is 23.4 Å². The third kappa shape index (κ3) is 1.94. The number of allylic oxidation sites excluding steroid dienone is 4. The zero-order valence-corrected chi connectivity index (χ0v) is 7.84. The molecule has 1 rings (SSSR count). The summed E-state index contributed by atoms with van der Waals surface area (Å²) < 4.78 is 1.63. The highest BCUT2D eigenvalue weighted by atomic mass is 32.1. The summed E-state index contributed by atoms with van der Waals surface area (Å²) in [6.07, 6.45) is 5.15. The number of nitrogens with one attached hydrogen (secondary N) is 1. The van der Waals surface area contributed by atoms with E-state index < -0.39 is 0 Å². The number of nitrogens with zero attached hydrogens (tertiary/aromatic N) is 2. The molecule has 0 amide bonds. The lowest BCUT2D eigenvalue weighted by atomic mass is 10.2. The predicted octanol–water partition coefficient (Wildman–Crippen LogP) is 1.41. The Hall–Kier alpha value is -1.62. The fourth-order valence-corrected chi connectivity index (χ4v) is 0.922. The largest absolute Gasteiger partial charge is 0.335 e. The van der Waals surface area contributed by atoms with Crippen LogP contribution in [0.2, 0.25) is 0 Å². The van der Waals surface area contributed by atoms with E-state index in [-0.39, 0.29) is 0 Å². The van der Waals surface area contributed by atoms with Crippen molar-refractivity contribution in [1.29, 1.82) is 0 Å². The van der Waals surface area contributed by atoms with Crippen LogP contribution in [0.25, 0.3) is 5.57 Å². The van der Waals surface area contributed by atoms with Crippen LogP contribution in [-0.2, 0) is 0 Å². The van der Waals surface area contributed by atoms with Crippen LogP contribution in [0.5, 0.6) is 0 Å². The van der Waals surface area contributed by atoms with E-state index in [1.165, 1.54) is 4.68 Å². The Bertz CT molecular complexity index is 410. The van der Waals surface area contributed by atoms with Crippen molar-refractivity contribution in [3.8, 4) is 0 Å². The normalized spacial score (nSPS) is 10.5. The SMILES string of the molecule is C=C/C=C\C(=C)c1n[nH]c(=S)n1N. The quantitative estimate of drug-likeness (QED) is 0.434. The van der Waals surface area contributed by atoms with Crippen molar-refractivity contribution < 1.29 is 0 Å². The number of aromatic nitrogens is 3. The van der Waals surface area contributed by atoms with Crippen molar-refractivity contribution in [2.75, 3.05) is 5.84 Å². The second-order valence-corrected chi connectivity index (χ2v) is 2.73. The average molecular weight is 194 g/mol. The van der Waals surface area contributed by atoms with Gasteiger partial charge in [-0.1, -0.05) is 31.4 Å². The average Bonchev–Trinajstić information content (AvgIpc) is 2.44. The molecule has 0 aromatic carbocycles. The van der Waals surface area contributed by atoms with Crippen molar-refractivity contribution in [2.24, 2.45) is 0 Å². The first-order chi connectivity index (χ1) is 6.16. The summed E-state index contributed by atoms with van der Waals surface area (Å²) in [5, 5.41) is 6.47. The van der Waals surface area contributed by atoms with Crippen LogP contribution in [0.15, 0.2) is 31.4 Å². The molecule has 1 heterocycles. The summed E-state index contributed by atoms with van der Waals surface area (Å²) in [6, 6.07) is 0. The van der Waals surface area contributed by atoms with E-state index >= 15 is 0 Å². The van der Waals surface area contributed by atoms with Gasteiger partial charge < -0.3 is 5.84 Å². The second-order valence-electron chi connectivity index (χ2n) is 2.34. The Labute approximate surface area is 81.0 Å². The Balaban J connectivity index is 3.02. The Kier molecular flexibility index (Phi) is 2.81. The molecule has 4 nitrogen and oxygen atoms in total. The number of nitrogen functional groups attached to an aromatic ring is 1. The van der Waals surface area contributed by atoms with E-state index in [0.29, 0.717) is 16.2 Å². The molecule has 1 aromatic heterocycles. The number of rotatable bonds is 3. The van der Waals surface area contributed by atoms with Crippen molar-refractivity contribution in [2.45, 2.75) is 0 Å². The summed E-state index contributed by atoms with van der Waals surface area (Å²) in [5.74, 6) is 6.09. The highest BCUT2D eigenvalue weighted by Crippen LogP contribution is 2.08. The molecule has 0 spiro atoms. The van der Waals surface area contributed by atoms with Crippen LogP contribution in [0.3, 0.4) is 0 Å². The lowest BCUT2D eigenvalue weighted by Crippen LogP contribution is -2.11. The maximum Gasteiger partial charge on any atom is 0.214 e. The first-order valence-corrected chi connectivity index (χ1v) is 3.98. The molecular formula is C8H10N4S. The van der Waals surface area contributed by atoms with Gasteiger partial charge in [-0.25, -0.2) is 9.77 Å². The van der Waals surface area contributed by atoms with E-state index in [4.69, 9.17) is 18.1 Å². The third-order valence-corrected chi connectivity index (χ3v) is 1.71. The molecule has 0 saturated heterocycles. The molecule has 0 fully saturated rings. The van der Waals surface area contributed by atoms with Crippen LogP contribution in [0.1, 0.15) is 5.82 Å². The molecule has 0 bridgehead atoms. The molecule has 3 N–H and O–H groups in total. The van der Waals surface area contributed by atoms with Crippen LogP contribution in [-0.4, -0.2) is 14.9 Å². The molecule has 68 valence electrons. The molecule has 0 aliphatic rings. The van der Waals surface area contributed by atoms with Gasteiger partial charge in [0.1, 0.15) is 0 Å². The summed E-state index contributed by atoms with van der Waals surface area (Å²) in [6.45, 7) is 7.31. The van der Waals surface area contributed by atoms with Gasteiger partial charge in [0.25, 0.3) is 0 Å². The van der Waals surface area contributed by atoms with Gasteiger partial charge in [0.05, 0.1) is 0 Å². The van der Waals surface area contributed by atoms with Crippen molar-refractivity contribution >= 4 is 17.8 Å². The van der Waals surface area contributed by atoms with Gasteiger partial charge in [-0.15, -0.1) is 0 Å². The molecule has 0 aliphatic carbocycles. The van der Waals surface area contributed by atoms with E-state index in [1.54, 1.807) is 18.2 Å². The minimum atomic E-state index is 0.364. The molecule has 13 heavy (non-hydrogen) atoms. The van der Waals surface area contributed by atoms with Crippen molar-refractivity contribution in [3.63, 3.8) is 0 Å². The second kappa shape index (κ2) is 3.86. The Morgan fingerprint density at radius 3 is 2.85 bits per heavy atom. The van der Waals surface area contributed by atoms with Gasteiger partial charge >= 0.3 is 0 Å². The zero-order valence-electron chi connectivity index (χ0n) is 7.03. The van der Waals surface area contributed by atoms with E-state index in [0.717, 1.165) is 0 Å². The van der Waals surface area contributed by atoms with Gasteiger partial charge in [-0.3, -0.25) is 0 Å². The number of nitrogens with two attached hydrogens (primary N) is 1. The molecule has 5 heteroatoms. The lowest BCUT2D eigenvalue weighted by molar-refractivity contribution is 0.957. The topological polar surface area (TPSA) is 59.6 Å². The minimum absolute atomic E-state index is 0.364. The first kappa shape index (κ1) is 9.47. The zero-order chi connectivity index (χ0) is 9.84. The number of aromatic amines is 1. The van der Waals surface area contributed by atoms with Crippen molar-refractivity contribution in [3.05, 3.63) is 42.0 Å². The van der Waals surface area contributed by atoms with Gasteiger partial charge in [0, 0.05) is 5.57 Å². The number of H-pyrrole nitrogens is 1. The fourth-order valence-electron chi connectivity index (χ4n) is 0.790. The maximum atomic E-state index is 5.57. The smallest absolute Gasteiger partial charge is 0.214 e. The Morgan fingerprint density at radius 2 is 2.38 bits per heavy atom. The van der Waals surface area contributed by atoms with Gasteiger partial charge in [0.15, 0.2) is 5.82 Å². The molecular weight excluding hydrogens is 184 g/mol. The molecule has 1 aromatic rings. The number of hydrogen-bond acceptors (Lipinski definition) is 3. The lowest BCUT2D eigenvalue weighted by Gasteiger charge is -1.97. The summed E-state index contributed by atoms with van der Waals surface area (Å²) in [5.41, 5.74) is 0.676. The molecule has 0 aliphatic heterocycles. The summed E-state index contributed by atoms with van der Waals surface area (Å²) in [4.78, 5) is 0. The Morgan fingerprint density at radius 1 is 1.69 bits per heavy atom. The summed E-state index contributed by atoms with van der Waals surface area (Å²) in [7, 11) is 0. The predicted molar refractivity (Wildman–Crippen MR) is 55.9 cm³/mol. The highest BCUT2D eigenvalue weighted by molar-refractivity contribution is 7.71. The molecule has 0 unspecified atom stereocenters. The van der Waals surface area contributed by atoms with E-state index in [1.807, 2.05) is 0 Å². The molecule has 0 atom stereocenters. The van der Waals surface area contributed by atoms with Gasteiger partial charge in [0.2, 0.25) is 4.77 Å². The summed E-state index contributed by atoms with van der Waals surface area (Å²) >= 11 is 4.84. The van der Waals surface area contributed by atoms with Crippen molar-refractivity contribution in [1.82, 2.24) is 14.9 Å². The monoisotopic (exact) mass is 194 g/mol. The van der Waals surface area contributed by atoms with Crippen LogP contribution < -0.4 is 5.84 Å². The van der Waals surface area contributed by atoms with E-state index in [9.17, 15) is 0 Å². The fraction of sp³-hybridized carbons (Fsp3) is 0. The molecule has 0 radical (unpaired) electrons.